The number of hydrogen-bond donors (Lipinski definition) is 1. The zero-order chi connectivity index (χ0) is 20.9. The number of benzene rings is 1. The molecule has 0 radical (unpaired) electrons. The molecule has 30 heavy (non-hydrogen) atoms. The molecule has 156 valence electrons. The van der Waals surface area contributed by atoms with Crippen molar-refractivity contribution in [3.63, 3.8) is 0 Å². The van der Waals surface area contributed by atoms with Crippen LogP contribution in [0, 0.1) is 0 Å². The van der Waals surface area contributed by atoms with E-state index in [4.69, 9.17) is 4.74 Å². The fourth-order valence-corrected chi connectivity index (χ4v) is 4.19. The average molecular weight is 411 g/mol. The van der Waals surface area contributed by atoms with E-state index in [1.807, 2.05) is 19.2 Å². The molecule has 0 saturated carbocycles. The molecule has 3 fully saturated rings. The third-order valence-electron chi connectivity index (χ3n) is 5.87. The molecule has 3 aliphatic rings. The largest absolute Gasteiger partial charge is 0.377 e. The highest BCUT2D eigenvalue weighted by Gasteiger charge is 2.38. The van der Waals surface area contributed by atoms with Crippen LogP contribution in [0.15, 0.2) is 42.7 Å². The maximum atomic E-state index is 13.7. The maximum absolute atomic E-state index is 13.7. The van der Waals surface area contributed by atoms with E-state index in [2.05, 4.69) is 31.5 Å². The first kappa shape index (κ1) is 19.1. The number of hydrogen-bond acceptors (Lipinski definition) is 6. The maximum Gasteiger partial charge on any atom is 0.270 e. The van der Waals surface area contributed by atoms with Crippen LogP contribution in [-0.4, -0.2) is 40.5 Å². The summed E-state index contributed by atoms with van der Waals surface area (Å²) in [5.74, 6) is -2.88. The van der Waals surface area contributed by atoms with E-state index in [0.717, 1.165) is 48.8 Å². The number of halogens is 2. The Hall–Kier alpha value is -2.87. The van der Waals surface area contributed by atoms with Gasteiger partial charge in [0.15, 0.2) is 5.65 Å². The van der Waals surface area contributed by atoms with Gasteiger partial charge in [-0.3, -0.25) is 0 Å². The Morgan fingerprint density at radius 3 is 2.70 bits per heavy atom. The lowest BCUT2D eigenvalue weighted by atomic mass is 9.98. The summed E-state index contributed by atoms with van der Waals surface area (Å²) in [6.45, 7) is 4.57. The molecule has 0 spiro atoms. The number of rotatable bonds is 5. The van der Waals surface area contributed by atoms with E-state index in [1.165, 1.54) is 12.1 Å². The lowest BCUT2D eigenvalue weighted by Crippen LogP contribution is -2.57. The van der Waals surface area contributed by atoms with Crippen LogP contribution in [0.25, 0.3) is 11.0 Å². The smallest absolute Gasteiger partial charge is 0.270 e. The standard InChI is InChI=1S/C22H23F2N5O/c1-13(14-4-3-5-15(6-14)22(2,23)24)27-20-10-26-28-21-19(20)7-16(9-25-21)29-11-17-8-18(12-29)30-17/h3-7,9-10,13,17-18H,8,11-12H2,1-2H3,(H,25,27,28)/t13-,17?,18?/m1/s1. The number of nitrogens with one attached hydrogen (secondary N) is 1. The van der Waals surface area contributed by atoms with E-state index in [1.54, 1.807) is 12.3 Å². The minimum absolute atomic E-state index is 0.00111. The Bertz CT molecular complexity index is 1070. The zero-order valence-corrected chi connectivity index (χ0v) is 16.8. The average Bonchev–Trinajstić information content (AvgIpc) is 2.73. The van der Waals surface area contributed by atoms with Gasteiger partial charge >= 0.3 is 0 Å². The van der Waals surface area contributed by atoms with Crippen LogP contribution in [-0.2, 0) is 10.7 Å². The molecule has 3 atom stereocenters. The first-order chi connectivity index (χ1) is 14.4. The lowest BCUT2D eigenvalue weighted by molar-refractivity contribution is -0.133. The summed E-state index contributed by atoms with van der Waals surface area (Å²) in [5.41, 5.74) is 3.12. The summed E-state index contributed by atoms with van der Waals surface area (Å²) in [6.07, 6.45) is 5.21. The van der Waals surface area contributed by atoms with Crippen molar-refractivity contribution in [2.24, 2.45) is 0 Å². The van der Waals surface area contributed by atoms with Crippen LogP contribution in [0.2, 0.25) is 0 Å². The summed E-state index contributed by atoms with van der Waals surface area (Å²) in [7, 11) is 0. The molecule has 1 aromatic carbocycles. The van der Waals surface area contributed by atoms with Gasteiger partial charge in [-0.2, -0.15) is 5.10 Å². The molecule has 8 heteroatoms. The number of piperidine rings is 1. The highest BCUT2D eigenvalue weighted by atomic mass is 19.3. The highest BCUT2D eigenvalue weighted by Crippen LogP contribution is 2.34. The minimum Gasteiger partial charge on any atom is -0.377 e. The molecule has 5 heterocycles. The van der Waals surface area contributed by atoms with Gasteiger partial charge in [0, 0.05) is 43.4 Å². The number of anilines is 2. The third kappa shape index (κ3) is 3.56. The van der Waals surface area contributed by atoms with Crippen LogP contribution in [0.4, 0.5) is 20.2 Å². The van der Waals surface area contributed by atoms with E-state index in [0.29, 0.717) is 17.9 Å². The van der Waals surface area contributed by atoms with Gasteiger partial charge in [-0.15, -0.1) is 5.10 Å². The van der Waals surface area contributed by atoms with Crippen LogP contribution in [0.1, 0.15) is 37.4 Å². The number of aromatic nitrogens is 3. The van der Waals surface area contributed by atoms with Crippen LogP contribution in [0.5, 0.6) is 0 Å². The highest BCUT2D eigenvalue weighted by molar-refractivity contribution is 5.90. The second kappa shape index (κ2) is 7.12. The summed E-state index contributed by atoms with van der Waals surface area (Å²) < 4.78 is 33.2. The molecule has 0 aliphatic carbocycles. The van der Waals surface area contributed by atoms with Crippen molar-refractivity contribution >= 4 is 22.4 Å². The van der Waals surface area contributed by atoms with E-state index >= 15 is 0 Å². The first-order valence-electron chi connectivity index (χ1n) is 10.1. The monoisotopic (exact) mass is 411 g/mol. The number of ether oxygens (including phenoxy) is 1. The molecule has 2 bridgehead atoms. The van der Waals surface area contributed by atoms with Gasteiger partial charge in [0.1, 0.15) is 0 Å². The van der Waals surface area contributed by atoms with E-state index in [9.17, 15) is 8.78 Å². The predicted octanol–water partition coefficient (Wildman–Crippen LogP) is 4.29. The van der Waals surface area contributed by atoms with Gasteiger partial charge in [-0.05, 0) is 24.6 Å². The summed E-state index contributed by atoms with van der Waals surface area (Å²) in [5, 5.41) is 12.4. The second-order valence-electron chi connectivity index (χ2n) is 8.22. The summed E-state index contributed by atoms with van der Waals surface area (Å²) >= 11 is 0. The molecular formula is C22H23F2N5O. The minimum atomic E-state index is -2.88. The zero-order valence-electron chi connectivity index (χ0n) is 16.8. The Labute approximate surface area is 173 Å². The fraction of sp³-hybridized carbons (Fsp3) is 0.409. The van der Waals surface area contributed by atoms with Gasteiger partial charge in [0.2, 0.25) is 0 Å². The lowest BCUT2D eigenvalue weighted by Gasteiger charge is -2.47. The van der Waals surface area contributed by atoms with Gasteiger partial charge in [-0.1, -0.05) is 18.2 Å². The van der Waals surface area contributed by atoms with Gasteiger partial charge in [0.25, 0.3) is 5.92 Å². The fourth-order valence-electron chi connectivity index (χ4n) is 4.19. The Morgan fingerprint density at radius 2 is 1.97 bits per heavy atom. The van der Waals surface area contributed by atoms with Crippen molar-refractivity contribution in [3.8, 4) is 0 Å². The summed E-state index contributed by atoms with van der Waals surface area (Å²) in [6, 6.07) is 8.35. The van der Waals surface area contributed by atoms with Crippen LogP contribution in [0.3, 0.4) is 0 Å². The predicted molar refractivity (Wildman–Crippen MR) is 111 cm³/mol. The number of pyridine rings is 1. The molecule has 2 aromatic heterocycles. The van der Waals surface area contributed by atoms with Gasteiger partial charge in [0.05, 0.1) is 36.0 Å². The number of nitrogens with zero attached hydrogens (tertiary/aromatic N) is 4. The SMILES string of the molecule is C[C@@H](Nc1cnnc2ncc(N3CC4CC(C3)O4)cc12)c1cccc(C(C)(F)F)c1. The number of fused-ring (bicyclic) bond motifs is 3. The molecule has 6 rings (SSSR count). The molecule has 2 unspecified atom stereocenters. The molecule has 1 N–H and O–H groups in total. The topological polar surface area (TPSA) is 63.2 Å². The van der Waals surface area contributed by atoms with E-state index < -0.39 is 5.92 Å². The molecule has 0 amide bonds. The van der Waals surface area contributed by atoms with Crippen molar-refractivity contribution < 1.29 is 13.5 Å². The molecular weight excluding hydrogens is 388 g/mol. The Kier molecular flexibility index (Phi) is 4.54. The molecule has 6 nitrogen and oxygen atoms in total. The van der Waals surface area contributed by atoms with Crippen molar-refractivity contribution in [1.82, 2.24) is 15.2 Å². The van der Waals surface area contributed by atoms with Crippen molar-refractivity contribution in [2.75, 3.05) is 23.3 Å². The van der Waals surface area contributed by atoms with Gasteiger partial charge in [-0.25, -0.2) is 13.8 Å². The van der Waals surface area contributed by atoms with E-state index in [-0.39, 0.29) is 11.6 Å². The Morgan fingerprint density at radius 1 is 1.20 bits per heavy atom. The third-order valence-corrected chi connectivity index (χ3v) is 5.87. The molecule has 3 aliphatic heterocycles. The normalized spacial score (nSPS) is 21.9. The molecule has 3 aromatic rings. The number of morpholine rings is 1. The van der Waals surface area contributed by atoms with Crippen molar-refractivity contribution in [3.05, 3.63) is 53.9 Å². The Balaban J connectivity index is 1.43. The first-order valence-corrected chi connectivity index (χ1v) is 10.1. The van der Waals surface area contributed by atoms with Crippen molar-refractivity contribution in [1.29, 1.82) is 0 Å². The van der Waals surface area contributed by atoms with Crippen molar-refractivity contribution in [2.45, 2.75) is 44.4 Å². The molecule has 3 saturated heterocycles. The summed E-state index contributed by atoms with van der Waals surface area (Å²) in [4.78, 5) is 6.77. The quantitative estimate of drug-likeness (QED) is 0.676. The van der Waals surface area contributed by atoms with Crippen LogP contribution >= 0.6 is 0 Å². The van der Waals surface area contributed by atoms with Crippen LogP contribution < -0.4 is 10.2 Å². The van der Waals surface area contributed by atoms with Gasteiger partial charge < -0.3 is 15.0 Å². The second-order valence-corrected chi connectivity index (χ2v) is 8.22. The number of alkyl halides is 2.